The van der Waals surface area contributed by atoms with Gasteiger partial charge < -0.3 is 10.2 Å². The summed E-state index contributed by atoms with van der Waals surface area (Å²) in [6.07, 6.45) is 5.10. The van der Waals surface area contributed by atoms with Crippen molar-refractivity contribution >= 4 is 37.3 Å². The van der Waals surface area contributed by atoms with Gasteiger partial charge in [0.15, 0.2) is 0 Å². The summed E-state index contributed by atoms with van der Waals surface area (Å²) in [4.78, 5) is 14.2. The number of carbonyl (C=O) groups is 1. The standard InChI is InChI=1S/C19H32N4O5S2/c1-3-23(29(2,25)26)15-7-12-20-19(24)16-30(27,28)21-17-8-10-18(11-9-17)22-13-5-4-6-14-22/h8-11,21H,3-7,12-16H2,1-2H3,(H,20,24). The quantitative estimate of drug-likeness (QED) is 0.480. The topological polar surface area (TPSA) is 116 Å². The first-order valence-electron chi connectivity index (χ1n) is 10.2. The van der Waals surface area contributed by atoms with Crippen LogP contribution in [-0.2, 0) is 24.8 Å². The van der Waals surface area contributed by atoms with Crippen molar-refractivity contribution in [1.82, 2.24) is 9.62 Å². The normalized spacial score (nSPS) is 15.2. The Kier molecular flexibility index (Phi) is 8.92. The highest BCUT2D eigenvalue weighted by molar-refractivity contribution is 7.93. The van der Waals surface area contributed by atoms with Gasteiger partial charge >= 0.3 is 0 Å². The van der Waals surface area contributed by atoms with Gasteiger partial charge in [-0.05, 0) is 49.9 Å². The smallest absolute Gasteiger partial charge is 0.241 e. The van der Waals surface area contributed by atoms with E-state index in [0.717, 1.165) is 37.9 Å². The van der Waals surface area contributed by atoms with Crippen molar-refractivity contribution < 1.29 is 21.6 Å². The van der Waals surface area contributed by atoms with Crippen molar-refractivity contribution in [2.24, 2.45) is 0 Å². The van der Waals surface area contributed by atoms with Gasteiger partial charge in [0.05, 0.1) is 6.26 Å². The molecule has 2 rings (SSSR count). The molecule has 2 N–H and O–H groups in total. The van der Waals surface area contributed by atoms with Gasteiger partial charge in [-0.25, -0.2) is 21.1 Å². The minimum atomic E-state index is -3.83. The number of carbonyl (C=O) groups excluding carboxylic acids is 1. The van der Waals surface area contributed by atoms with Crippen LogP contribution in [-0.4, -0.2) is 71.8 Å². The molecule has 0 bridgehead atoms. The first-order valence-corrected chi connectivity index (χ1v) is 13.7. The fourth-order valence-corrected chi connectivity index (χ4v) is 5.32. The summed E-state index contributed by atoms with van der Waals surface area (Å²) in [5, 5.41) is 2.52. The highest BCUT2D eigenvalue weighted by Crippen LogP contribution is 2.22. The van der Waals surface area contributed by atoms with Crippen LogP contribution in [0.5, 0.6) is 0 Å². The number of rotatable bonds is 11. The number of hydrogen-bond donors (Lipinski definition) is 2. The van der Waals surface area contributed by atoms with E-state index < -0.39 is 31.7 Å². The van der Waals surface area contributed by atoms with E-state index in [2.05, 4.69) is 14.9 Å². The molecule has 1 aromatic carbocycles. The second kappa shape index (κ2) is 11.0. The highest BCUT2D eigenvalue weighted by Gasteiger charge is 2.18. The molecule has 0 atom stereocenters. The van der Waals surface area contributed by atoms with E-state index in [1.165, 1.54) is 10.7 Å². The predicted octanol–water partition coefficient (Wildman–Crippen LogP) is 1.21. The average Bonchev–Trinajstić information content (AvgIpc) is 2.67. The highest BCUT2D eigenvalue weighted by atomic mass is 32.2. The van der Waals surface area contributed by atoms with Crippen LogP contribution >= 0.6 is 0 Å². The molecule has 1 fully saturated rings. The van der Waals surface area contributed by atoms with E-state index >= 15 is 0 Å². The monoisotopic (exact) mass is 460 g/mol. The zero-order valence-electron chi connectivity index (χ0n) is 17.6. The van der Waals surface area contributed by atoms with Gasteiger partial charge in [-0.1, -0.05) is 6.92 Å². The lowest BCUT2D eigenvalue weighted by Crippen LogP contribution is -2.36. The van der Waals surface area contributed by atoms with Crippen LogP contribution in [0.15, 0.2) is 24.3 Å². The summed E-state index contributed by atoms with van der Waals surface area (Å²) in [6, 6.07) is 7.16. The Morgan fingerprint density at radius 3 is 2.27 bits per heavy atom. The second-order valence-corrected chi connectivity index (χ2v) is 11.1. The van der Waals surface area contributed by atoms with Gasteiger partial charge in [-0.3, -0.25) is 9.52 Å². The van der Waals surface area contributed by atoms with Crippen molar-refractivity contribution in [1.29, 1.82) is 0 Å². The van der Waals surface area contributed by atoms with Crippen LogP contribution in [0.1, 0.15) is 32.6 Å². The van der Waals surface area contributed by atoms with Crippen LogP contribution in [0.3, 0.4) is 0 Å². The molecular weight excluding hydrogens is 428 g/mol. The van der Waals surface area contributed by atoms with Gasteiger partial charge in [-0.2, -0.15) is 0 Å². The van der Waals surface area contributed by atoms with Crippen LogP contribution in [0.25, 0.3) is 0 Å². The summed E-state index contributed by atoms with van der Waals surface area (Å²) < 4.78 is 51.2. The minimum Gasteiger partial charge on any atom is -0.372 e. The Labute approximate surface area is 179 Å². The summed E-state index contributed by atoms with van der Waals surface area (Å²) in [5.41, 5.74) is 1.47. The molecule has 1 aliphatic heterocycles. The lowest BCUT2D eigenvalue weighted by molar-refractivity contribution is -0.118. The predicted molar refractivity (Wildman–Crippen MR) is 120 cm³/mol. The average molecular weight is 461 g/mol. The maximum absolute atomic E-state index is 12.2. The van der Waals surface area contributed by atoms with E-state index in [-0.39, 0.29) is 13.1 Å². The summed E-state index contributed by atoms with van der Waals surface area (Å²) in [7, 11) is -7.11. The maximum Gasteiger partial charge on any atom is 0.241 e. The lowest BCUT2D eigenvalue weighted by atomic mass is 10.1. The largest absolute Gasteiger partial charge is 0.372 e. The molecule has 1 aromatic rings. The number of amides is 1. The fourth-order valence-electron chi connectivity index (χ4n) is 3.37. The Morgan fingerprint density at radius 2 is 1.70 bits per heavy atom. The first kappa shape index (κ1) is 24.4. The summed E-state index contributed by atoms with van der Waals surface area (Å²) >= 11 is 0. The van der Waals surface area contributed by atoms with Gasteiger partial charge in [-0.15, -0.1) is 0 Å². The van der Waals surface area contributed by atoms with Crippen molar-refractivity contribution in [3.8, 4) is 0 Å². The molecule has 170 valence electrons. The molecule has 1 heterocycles. The molecular formula is C19H32N4O5S2. The van der Waals surface area contributed by atoms with E-state index in [9.17, 15) is 21.6 Å². The second-order valence-electron chi connectivity index (χ2n) is 7.41. The Bertz CT molecular complexity index is 895. The molecule has 0 saturated carbocycles. The molecule has 1 saturated heterocycles. The number of nitrogens with one attached hydrogen (secondary N) is 2. The molecule has 0 spiro atoms. The Balaban J connectivity index is 1.78. The number of nitrogens with zero attached hydrogens (tertiary/aromatic N) is 2. The minimum absolute atomic E-state index is 0.199. The number of benzene rings is 1. The third-order valence-electron chi connectivity index (χ3n) is 4.91. The maximum atomic E-state index is 12.2. The van der Waals surface area contributed by atoms with E-state index in [1.54, 1.807) is 19.1 Å². The molecule has 0 aliphatic carbocycles. The third kappa shape index (κ3) is 8.11. The Morgan fingerprint density at radius 1 is 1.07 bits per heavy atom. The van der Waals surface area contributed by atoms with E-state index in [0.29, 0.717) is 18.7 Å². The molecule has 0 aromatic heterocycles. The van der Waals surface area contributed by atoms with E-state index in [4.69, 9.17) is 0 Å². The third-order valence-corrected chi connectivity index (χ3v) is 7.48. The molecule has 1 amide bonds. The molecule has 11 heteroatoms. The van der Waals surface area contributed by atoms with Gasteiger partial charge in [0, 0.05) is 44.1 Å². The van der Waals surface area contributed by atoms with Crippen LogP contribution in [0, 0.1) is 0 Å². The molecule has 0 radical (unpaired) electrons. The number of sulfonamides is 2. The number of anilines is 2. The van der Waals surface area contributed by atoms with Crippen LogP contribution in [0.2, 0.25) is 0 Å². The number of hydrogen-bond acceptors (Lipinski definition) is 6. The summed E-state index contributed by atoms with van der Waals surface area (Å²) in [6.45, 7) is 4.56. The number of piperidine rings is 1. The van der Waals surface area contributed by atoms with Crippen molar-refractivity contribution in [2.45, 2.75) is 32.6 Å². The fraction of sp³-hybridized carbons (Fsp3) is 0.632. The first-order chi connectivity index (χ1) is 14.1. The summed E-state index contributed by atoms with van der Waals surface area (Å²) in [5.74, 6) is -1.32. The van der Waals surface area contributed by atoms with Gasteiger partial charge in [0.1, 0.15) is 5.75 Å². The van der Waals surface area contributed by atoms with Gasteiger partial charge in [0.2, 0.25) is 26.0 Å². The van der Waals surface area contributed by atoms with E-state index in [1.807, 2.05) is 12.1 Å². The molecule has 9 nitrogen and oxygen atoms in total. The zero-order chi connectivity index (χ0) is 22.2. The molecule has 0 unspecified atom stereocenters. The molecule has 30 heavy (non-hydrogen) atoms. The Hall–Kier alpha value is -1.85. The van der Waals surface area contributed by atoms with Gasteiger partial charge in [0.25, 0.3) is 0 Å². The van der Waals surface area contributed by atoms with Crippen molar-refractivity contribution in [3.63, 3.8) is 0 Å². The van der Waals surface area contributed by atoms with Crippen molar-refractivity contribution in [3.05, 3.63) is 24.3 Å². The SMILES string of the molecule is CCN(CCCNC(=O)CS(=O)(=O)Nc1ccc(N2CCCCC2)cc1)S(C)(=O)=O. The molecule has 1 aliphatic rings. The van der Waals surface area contributed by atoms with Crippen molar-refractivity contribution in [2.75, 3.05) is 54.4 Å². The zero-order valence-corrected chi connectivity index (χ0v) is 19.3. The van der Waals surface area contributed by atoms with Crippen LogP contribution in [0.4, 0.5) is 11.4 Å². The van der Waals surface area contributed by atoms with Crippen LogP contribution < -0.4 is 14.9 Å². The lowest BCUT2D eigenvalue weighted by Gasteiger charge is -2.28.